The summed E-state index contributed by atoms with van der Waals surface area (Å²) in [6, 6.07) is 15.6. The standard InChI is InChI=1S/C19H20ClNO2/c1-23-19(22)18(14-4-8-16(20)9-5-14)15-6-10-17(11-7-15)21-12-2-3-13-21/h4-11,18H,2-3,12-13H2,1H3. The Bertz CT molecular complexity index is 661. The topological polar surface area (TPSA) is 29.5 Å². The summed E-state index contributed by atoms with van der Waals surface area (Å²) in [5.41, 5.74) is 3.03. The highest BCUT2D eigenvalue weighted by Gasteiger charge is 2.24. The number of esters is 1. The summed E-state index contributed by atoms with van der Waals surface area (Å²) in [5, 5.41) is 0.654. The average molecular weight is 330 g/mol. The van der Waals surface area contributed by atoms with Crippen molar-refractivity contribution in [2.24, 2.45) is 0 Å². The summed E-state index contributed by atoms with van der Waals surface area (Å²) in [6.07, 6.45) is 2.49. The molecule has 4 heteroatoms. The lowest BCUT2D eigenvalue weighted by molar-refractivity contribution is -0.141. The van der Waals surface area contributed by atoms with Crippen LogP contribution in [0, 0.1) is 0 Å². The van der Waals surface area contributed by atoms with Gasteiger partial charge in [-0.25, -0.2) is 0 Å². The highest BCUT2D eigenvalue weighted by atomic mass is 35.5. The molecular weight excluding hydrogens is 310 g/mol. The molecule has 0 amide bonds. The van der Waals surface area contributed by atoms with E-state index in [9.17, 15) is 4.79 Å². The molecule has 0 saturated carbocycles. The molecule has 0 radical (unpaired) electrons. The van der Waals surface area contributed by atoms with E-state index in [2.05, 4.69) is 17.0 Å². The molecule has 1 saturated heterocycles. The number of hydrogen-bond donors (Lipinski definition) is 0. The van der Waals surface area contributed by atoms with E-state index in [4.69, 9.17) is 16.3 Å². The normalized spacial score (nSPS) is 15.5. The highest BCUT2D eigenvalue weighted by Crippen LogP contribution is 2.29. The Kier molecular flexibility index (Phi) is 4.87. The zero-order valence-corrected chi connectivity index (χ0v) is 13.9. The summed E-state index contributed by atoms with van der Waals surface area (Å²) in [7, 11) is 1.42. The average Bonchev–Trinajstić information content (AvgIpc) is 3.12. The van der Waals surface area contributed by atoms with E-state index < -0.39 is 5.92 Å². The molecule has 3 rings (SSSR count). The first-order valence-electron chi connectivity index (χ1n) is 7.87. The predicted octanol–water partition coefficient (Wildman–Crippen LogP) is 4.25. The van der Waals surface area contributed by atoms with Gasteiger partial charge in [-0.15, -0.1) is 0 Å². The summed E-state index contributed by atoms with van der Waals surface area (Å²) in [4.78, 5) is 14.6. The quantitative estimate of drug-likeness (QED) is 0.785. The Hall–Kier alpha value is -2.00. The smallest absolute Gasteiger partial charge is 0.317 e. The SMILES string of the molecule is COC(=O)C(c1ccc(Cl)cc1)c1ccc(N2CCCC2)cc1. The molecule has 1 unspecified atom stereocenters. The number of hydrogen-bond acceptors (Lipinski definition) is 3. The maximum Gasteiger partial charge on any atom is 0.317 e. The van der Waals surface area contributed by atoms with Crippen molar-refractivity contribution in [3.05, 3.63) is 64.7 Å². The molecule has 0 N–H and O–H groups in total. The molecule has 1 aliphatic heterocycles. The number of anilines is 1. The third-order valence-electron chi connectivity index (χ3n) is 4.34. The number of ether oxygens (including phenoxy) is 1. The lowest BCUT2D eigenvalue weighted by Crippen LogP contribution is -2.18. The Labute approximate surface area is 141 Å². The third kappa shape index (κ3) is 3.50. The summed E-state index contributed by atoms with van der Waals surface area (Å²) in [5.74, 6) is -0.689. The van der Waals surface area contributed by atoms with E-state index in [-0.39, 0.29) is 5.97 Å². The van der Waals surface area contributed by atoms with Gasteiger partial charge in [0.25, 0.3) is 0 Å². The number of carbonyl (C=O) groups is 1. The van der Waals surface area contributed by atoms with Crippen molar-refractivity contribution in [2.75, 3.05) is 25.1 Å². The minimum absolute atomic E-state index is 0.263. The highest BCUT2D eigenvalue weighted by molar-refractivity contribution is 6.30. The van der Waals surface area contributed by atoms with Crippen LogP contribution < -0.4 is 4.90 Å². The van der Waals surface area contributed by atoms with Crippen molar-refractivity contribution in [2.45, 2.75) is 18.8 Å². The zero-order chi connectivity index (χ0) is 16.2. The number of benzene rings is 2. The van der Waals surface area contributed by atoms with Crippen molar-refractivity contribution < 1.29 is 9.53 Å². The first-order chi connectivity index (χ1) is 11.2. The fraction of sp³-hybridized carbons (Fsp3) is 0.316. The van der Waals surface area contributed by atoms with Crippen LogP contribution in [0.2, 0.25) is 5.02 Å². The van der Waals surface area contributed by atoms with Crippen LogP contribution in [0.3, 0.4) is 0 Å². The van der Waals surface area contributed by atoms with Crippen molar-refractivity contribution >= 4 is 23.3 Å². The molecule has 120 valence electrons. The second kappa shape index (κ2) is 7.05. The van der Waals surface area contributed by atoms with Gasteiger partial charge in [-0.1, -0.05) is 35.9 Å². The second-order valence-corrected chi connectivity index (χ2v) is 6.23. The Morgan fingerprint density at radius 1 is 1.00 bits per heavy atom. The van der Waals surface area contributed by atoms with E-state index in [1.54, 1.807) is 12.1 Å². The van der Waals surface area contributed by atoms with Crippen molar-refractivity contribution in [3.63, 3.8) is 0 Å². The molecule has 0 aliphatic carbocycles. The van der Waals surface area contributed by atoms with E-state index in [0.29, 0.717) is 5.02 Å². The fourth-order valence-corrected chi connectivity index (χ4v) is 3.22. The van der Waals surface area contributed by atoms with E-state index in [1.807, 2.05) is 24.3 Å². The van der Waals surface area contributed by atoms with Crippen LogP contribution in [0.5, 0.6) is 0 Å². The van der Waals surface area contributed by atoms with Crippen LogP contribution in [0.4, 0.5) is 5.69 Å². The molecule has 0 aromatic heterocycles. The lowest BCUT2D eigenvalue weighted by atomic mass is 9.91. The van der Waals surface area contributed by atoms with Crippen LogP contribution in [-0.4, -0.2) is 26.2 Å². The van der Waals surface area contributed by atoms with Crippen LogP contribution >= 0.6 is 11.6 Å². The number of nitrogens with zero attached hydrogens (tertiary/aromatic N) is 1. The van der Waals surface area contributed by atoms with Crippen molar-refractivity contribution in [1.29, 1.82) is 0 Å². The van der Waals surface area contributed by atoms with Gasteiger partial charge in [0.15, 0.2) is 0 Å². The molecule has 1 atom stereocenters. The minimum Gasteiger partial charge on any atom is -0.468 e. The summed E-state index contributed by atoms with van der Waals surface area (Å²) < 4.78 is 5.00. The molecule has 1 heterocycles. The van der Waals surface area contributed by atoms with Gasteiger partial charge >= 0.3 is 5.97 Å². The summed E-state index contributed by atoms with van der Waals surface area (Å²) in [6.45, 7) is 2.22. The molecule has 2 aromatic carbocycles. The van der Waals surface area contributed by atoms with Gasteiger partial charge in [0.05, 0.1) is 7.11 Å². The number of rotatable bonds is 4. The van der Waals surface area contributed by atoms with Gasteiger partial charge < -0.3 is 9.64 Å². The first-order valence-corrected chi connectivity index (χ1v) is 8.25. The summed E-state index contributed by atoms with van der Waals surface area (Å²) >= 11 is 5.95. The van der Waals surface area contributed by atoms with E-state index in [0.717, 1.165) is 24.2 Å². The van der Waals surface area contributed by atoms with Gasteiger partial charge in [0.1, 0.15) is 5.92 Å². The molecule has 1 fully saturated rings. The third-order valence-corrected chi connectivity index (χ3v) is 4.59. The van der Waals surface area contributed by atoms with E-state index in [1.165, 1.54) is 25.6 Å². The zero-order valence-electron chi connectivity index (χ0n) is 13.2. The monoisotopic (exact) mass is 329 g/mol. The Morgan fingerprint density at radius 2 is 1.52 bits per heavy atom. The van der Waals surface area contributed by atoms with Gasteiger partial charge in [-0.05, 0) is 48.2 Å². The Balaban J connectivity index is 1.90. The number of halogens is 1. The lowest BCUT2D eigenvalue weighted by Gasteiger charge is -2.20. The Morgan fingerprint density at radius 3 is 2.04 bits per heavy atom. The van der Waals surface area contributed by atoms with E-state index >= 15 is 0 Å². The molecular formula is C19H20ClNO2. The van der Waals surface area contributed by atoms with Gasteiger partial charge in [-0.2, -0.15) is 0 Å². The van der Waals surface area contributed by atoms with Gasteiger partial charge in [-0.3, -0.25) is 4.79 Å². The maximum atomic E-state index is 12.3. The number of carbonyl (C=O) groups excluding carboxylic acids is 1. The van der Waals surface area contributed by atoms with Crippen LogP contribution in [0.1, 0.15) is 29.9 Å². The minimum atomic E-state index is -0.426. The fourth-order valence-electron chi connectivity index (χ4n) is 3.09. The second-order valence-electron chi connectivity index (χ2n) is 5.79. The molecule has 0 bridgehead atoms. The van der Waals surface area contributed by atoms with Crippen molar-refractivity contribution in [3.8, 4) is 0 Å². The van der Waals surface area contributed by atoms with Crippen LogP contribution in [-0.2, 0) is 9.53 Å². The van der Waals surface area contributed by atoms with Gasteiger partial charge in [0, 0.05) is 23.8 Å². The molecule has 2 aromatic rings. The van der Waals surface area contributed by atoms with Crippen LogP contribution in [0.15, 0.2) is 48.5 Å². The van der Waals surface area contributed by atoms with Gasteiger partial charge in [0.2, 0.25) is 0 Å². The molecule has 23 heavy (non-hydrogen) atoms. The van der Waals surface area contributed by atoms with Crippen molar-refractivity contribution in [1.82, 2.24) is 0 Å². The molecule has 3 nitrogen and oxygen atoms in total. The predicted molar refractivity (Wildman–Crippen MR) is 93.2 cm³/mol. The molecule has 1 aliphatic rings. The van der Waals surface area contributed by atoms with Crippen LogP contribution in [0.25, 0.3) is 0 Å². The maximum absolute atomic E-state index is 12.3. The largest absolute Gasteiger partial charge is 0.468 e. The molecule has 0 spiro atoms. The first kappa shape index (κ1) is 15.9. The number of methoxy groups -OCH3 is 1.